The Morgan fingerprint density at radius 1 is 1.08 bits per heavy atom. The molecule has 126 valence electrons. The molecule has 0 saturated carbocycles. The Bertz CT molecular complexity index is 755. The minimum atomic E-state index is -1.18. The van der Waals surface area contributed by atoms with Gasteiger partial charge in [0.15, 0.2) is 0 Å². The molecule has 0 spiro atoms. The standard InChI is InChI=1S/C18H17BrO5/c1-11(2)10-23-15-6-4-3-5-13(15)18(22)24-16-8-7-12(19)9-14(16)17(20)21/h3-9,11H,10H2,1-2H3,(H,20,21). The van der Waals surface area contributed by atoms with Crippen LogP contribution in [0.1, 0.15) is 34.6 Å². The van der Waals surface area contributed by atoms with Crippen LogP contribution in [0.3, 0.4) is 0 Å². The van der Waals surface area contributed by atoms with Gasteiger partial charge in [0.2, 0.25) is 0 Å². The number of carbonyl (C=O) groups excluding carboxylic acids is 1. The summed E-state index contributed by atoms with van der Waals surface area (Å²) >= 11 is 3.20. The Morgan fingerprint density at radius 2 is 1.79 bits per heavy atom. The molecule has 0 bridgehead atoms. The lowest BCUT2D eigenvalue weighted by atomic mass is 10.2. The monoisotopic (exact) mass is 392 g/mol. The summed E-state index contributed by atoms with van der Waals surface area (Å²) in [7, 11) is 0. The van der Waals surface area contributed by atoms with Crippen molar-refractivity contribution < 1.29 is 24.2 Å². The third-order valence-electron chi connectivity index (χ3n) is 3.05. The van der Waals surface area contributed by atoms with Gasteiger partial charge in [0.05, 0.1) is 6.61 Å². The van der Waals surface area contributed by atoms with Gasteiger partial charge in [-0.15, -0.1) is 0 Å². The number of ether oxygens (including phenoxy) is 2. The molecule has 0 aliphatic heterocycles. The molecule has 0 radical (unpaired) electrons. The smallest absolute Gasteiger partial charge is 0.347 e. The summed E-state index contributed by atoms with van der Waals surface area (Å²) in [5.41, 5.74) is 0.149. The fraction of sp³-hybridized carbons (Fsp3) is 0.222. The maximum atomic E-state index is 12.4. The van der Waals surface area contributed by atoms with Gasteiger partial charge in [0, 0.05) is 4.47 Å². The van der Waals surface area contributed by atoms with Crippen molar-refractivity contribution in [3.05, 3.63) is 58.1 Å². The number of hydrogen-bond acceptors (Lipinski definition) is 4. The number of carboxylic acids is 1. The number of benzene rings is 2. The number of halogens is 1. The molecule has 0 aliphatic carbocycles. The van der Waals surface area contributed by atoms with Gasteiger partial charge in [-0.3, -0.25) is 0 Å². The fourth-order valence-electron chi connectivity index (χ4n) is 1.93. The average molecular weight is 393 g/mol. The number of para-hydroxylation sites is 1. The van der Waals surface area contributed by atoms with E-state index in [1.54, 1.807) is 30.3 Å². The second-order valence-electron chi connectivity index (χ2n) is 5.54. The zero-order valence-corrected chi connectivity index (χ0v) is 14.9. The van der Waals surface area contributed by atoms with Crippen LogP contribution in [0.4, 0.5) is 0 Å². The summed E-state index contributed by atoms with van der Waals surface area (Å²) in [5.74, 6) is -1.15. The molecular formula is C18H17BrO5. The molecule has 0 aromatic heterocycles. The summed E-state index contributed by atoms with van der Waals surface area (Å²) in [6.07, 6.45) is 0. The number of carbonyl (C=O) groups is 2. The van der Waals surface area contributed by atoms with Crippen LogP contribution in [0.15, 0.2) is 46.9 Å². The summed E-state index contributed by atoms with van der Waals surface area (Å²) in [4.78, 5) is 23.7. The largest absolute Gasteiger partial charge is 0.492 e. The van der Waals surface area contributed by atoms with Gasteiger partial charge in [0.1, 0.15) is 22.6 Å². The molecule has 0 amide bonds. The van der Waals surface area contributed by atoms with Crippen molar-refractivity contribution in [2.75, 3.05) is 6.61 Å². The van der Waals surface area contributed by atoms with Crippen LogP contribution in [0.2, 0.25) is 0 Å². The lowest BCUT2D eigenvalue weighted by Gasteiger charge is -2.13. The third kappa shape index (κ3) is 4.58. The summed E-state index contributed by atoms with van der Waals surface area (Å²) in [5, 5.41) is 9.24. The summed E-state index contributed by atoms with van der Waals surface area (Å²) in [6.45, 7) is 4.47. The van der Waals surface area contributed by atoms with Gasteiger partial charge >= 0.3 is 11.9 Å². The number of hydrogen-bond donors (Lipinski definition) is 1. The van der Waals surface area contributed by atoms with Crippen LogP contribution in [0.5, 0.6) is 11.5 Å². The van der Waals surface area contributed by atoms with Gasteiger partial charge < -0.3 is 14.6 Å². The van der Waals surface area contributed by atoms with Crippen LogP contribution >= 0.6 is 15.9 Å². The van der Waals surface area contributed by atoms with E-state index < -0.39 is 11.9 Å². The van der Waals surface area contributed by atoms with E-state index in [2.05, 4.69) is 15.9 Å². The second kappa shape index (κ2) is 7.97. The molecule has 0 saturated heterocycles. The fourth-order valence-corrected chi connectivity index (χ4v) is 2.29. The summed E-state index contributed by atoms with van der Waals surface area (Å²) < 4.78 is 11.5. The van der Waals surface area contributed by atoms with E-state index in [1.807, 2.05) is 13.8 Å². The van der Waals surface area contributed by atoms with E-state index in [-0.39, 0.29) is 16.9 Å². The van der Waals surface area contributed by atoms with Crippen LogP contribution in [-0.4, -0.2) is 23.7 Å². The Hall–Kier alpha value is -2.34. The van der Waals surface area contributed by atoms with Crippen LogP contribution in [-0.2, 0) is 0 Å². The highest BCUT2D eigenvalue weighted by Gasteiger charge is 2.19. The van der Waals surface area contributed by atoms with Gasteiger partial charge in [0.25, 0.3) is 0 Å². The number of esters is 1. The first kappa shape index (κ1) is 18.0. The molecule has 0 unspecified atom stereocenters. The molecule has 2 aromatic carbocycles. The van der Waals surface area contributed by atoms with E-state index in [9.17, 15) is 14.7 Å². The molecule has 0 heterocycles. The second-order valence-corrected chi connectivity index (χ2v) is 6.45. The van der Waals surface area contributed by atoms with E-state index in [4.69, 9.17) is 9.47 Å². The molecule has 0 aliphatic rings. The Kier molecular flexibility index (Phi) is 5.98. The molecule has 2 aromatic rings. The molecular weight excluding hydrogens is 376 g/mol. The van der Waals surface area contributed by atoms with Gasteiger partial charge in [-0.05, 0) is 36.2 Å². The predicted octanol–water partition coefficient (Wildman–Crippen LogP) is 4.40. The van der Waals surface area contributed by atoms with E-state index in [1.165, 1.54) is 12.1 Å². The van der Waals surface area contributed by atoms with Crippen LogP contribution in [0, 0.1) is 5.92 Å². The first-order chi connectivity index (χ1) is 11.4. The molecule has 1 N–H and O–H groups in total. The minimum absolute atomic E-state index is 0.0191. The van der Waals surface area contributed by atoms with Crippen molar-refractivity contribution in [2.45, 2.75) is 13.8 Å². The predicted molar refractivity (Wildman–Crippen MR) is 92.8 cm³/mol. The van der Waals surface area contributed by atoms with E-state index in [0.29, 0.717) is 22.7 Å². The van der Waals surface area contributed by atoms with E-state index in [0.717, 1.165) is 0 Å². The zero-order chi connectivity index (χ0) is 17.7. The highest BCUT2D eigenvalue weighted by Crippen LogP contribution is 2.26. The number of carboxylic acid groups (broad SMARTS) is 1. The molecule has 24 heavy (non-hydrogen) atoms. The topological polar surface area (TPSA) is 72.8 Å². The molecule has 0 atom stereocenters. The Labute approximate surface area is 148 Å². The zero-order valence-electron chi connectivity index (χ0n) is 13.3. The number of rotatable bonds is 6. The highest BCUT2D eigenvalue weighted by molar-refractivity contribution is 9.10. The van der Waals surface area contributed by atoms with Crippen LogP contribution < -0.4 is 9.47 Å². The molecule has 6 heteroatoms. The normalized spacial score (nSPS) is 10.5. The molecule has 2 rings (SSSR count). The quantitative estimate of drug-likeness (QED) is 0.582. The van der Waals surface area contributed by atoms with Crippen molar-refractivity contribution in [3.8, 4) is 11.5 Å². The average Bonchev–Trinajstić information content (AvgIpc) is 2.54. The summed E-state index contributed by atoms with van der Waals surface area (Å²) in [6, 6.07) is 11.1. The van der Waals surface area contributed by atoms with Crippen LogP contribution in [0.25, 0.3) is 0 Å². The Balaban J connectivity index is 2.26. The third-order valence-corrected chi connectivity index (χ3v) is 3.55. The van der Waals surface area contributed by atoms with Gasteiger partial charge in [-0.25, -0.2) is 9.59 Å². The maximum absolute atomic E-state index is 12.4. The SMILES string of the molecule is CC(C)COc1ccccc1C(=O)Oc1ccc(Br)cc1C(=O)O. The highest BCUT2D eigenvalue weighted by atomic mass is 79.9. The van der Waals surface area contributed by atoms with Crippen molar-refractivity contribution in [1.82, 2.24) is 0 Å². The first-order valence-corrected chi connectivity index (χ1v) is 8.14. The Morgan fingerprint density at radius 3 is 2.46 bits per heavy atom. The van der Waals surface area contributed by atoms with E-state index >= 15 is 0 Å². The van der Waals surface area contributed by atoms with Gasteiger partial charge in [-0.2, -0.15) is 0 Å². The number of aromatic carboxylic acids is 1. The van der Waals surface area contributed by atoms with Crippen molar-refractivity contribution >= 4 is 27.9 Å². The molecule has 0 fully saturated rings. The van der Waals surface area contributed by atoms with Crippen molar-refractivity contribution in [3.63, 3.8) is 0 Å². The van der Waals surface area contributed by atoms with Crippen molar-refractivity contribution in [1.29, 1.82) is 0 Å². The van der Waals surface area contributed by atoms with Gasteiger partial charge in [-0.1, -0.05) is 41.9 Å². The maximum Gasteiger partial charge on any atom is 0.347 e. The minimum Gasteiger partial charge on any atom is -0.492 e. The first-order valence-electron chi connectivity index (χ1n) is 7.35. The lowest BCUT2D eigenvalue weighted by Crippen LogP contribution is -2.14. The lowest BCUT2D eigenvalue weighted by molar-refractivity contribution is 0.0680. The van der Waals surface area contributed by atoms with Crippen molar-refractivity contribution in [2.24, 2.45) is 5.92 Å². The molecule has 5 nitrogen and oxygen atoms in total.